The molecular formula is C28H25ClN4OS. The minimum Gasteiger partial charge on any atom is -0.309 e. The highest BCUT2D eigenvalue weighted by atomic mass is 35.5. The summed E-state index contributed by atoms with van der Waals surface area (Å²) >= 11 is 7.84. The monoisotopic (exact) mass is 500 g/mol. The maximum Gasteiger partial charge on any atom is 0.297 e. The van der Waals surface area contributed by atoms with Gasteiger partial charge in [-0.3, -0.25) is 9.48 Å². The van der Waals surface area contributed by atoms with Crippen LogP contribution in [0.5, 0.6) is 0 Å². The van der Waals surface area contributed by atoms with Crippen molar-refractivity contribution in [3.63, 3.8) is 0 Å². The van der Waals surface area contributed by atoms with E-state index in [2.05, 4.69) is 29.0 Å². The topological polar surface area (TPSA) is 44.2 Å². The molecule has 0 spiro atoms. The van der Waals surface area contributed by atoms with Crippen molar-refractivity contribution >= 4 is 28.6 Å². The molecule has 5 aromatic rings. The summed E-state index contributed by atoms with van der Waals surface area (Å²) in [5, 5.41) is 2.76. The Labute approximate surface area is 212 Å². The third-order valence-electron chi connectivity index (χ3n) is 6.26. The van der Waals surface area contributed by atoms with Crippen molar-refractivity contribution in [3.8, 4) is 16.9 Å². The summed E-state index contributed by atoms with van der Waals surface area (Å²) in [4.78, 5) is 19.2. The summed E-state index contributed by atoms with van der Waals surface area (Å²) in [6.07, 6.45) is 0. The van der Waals surface area contributed by atoms with Gasteiger partial charge in [-0.05, 0) is 43.7 Å². The summed E-state index contributed by atoms with van der Waals surface area (Å²) in [7, 11) is 1.88. The van der Waals surface area contributed by atoms with Crippen molar-refractivity contribution in [1.82, 2.24) is 13.9 Å². The number of thiazole rings is 1. The number of halogens is 1. The molecule has 0 N–H and O–H groups in total. The Morgan fingerprint density at radius 1 is 0.943 bits per heavy atom. The van der Waals surface area contributed by atoms with Gasteiger partial charge in [-0.1, -0.05) is 72.3 Å². The maximum absolute atomic E-state index is 13.5. The number of rotatable bonds is 5. The zero-order valence-corrected chi connectivity index (χ0v) is 21.3. The fourth-order valence-corrected chi connectivity index (χ4v) is 5.46. The van der Waals surface area contributed by atoms with E-state index in [0.29, 0.717) is 10.7 Å². The Balaban J connectivity index is 1.75. The quantitative estimate of drug-likeness (QED) is 0.271. The van der Waals surface area contributed by atoms with Crippen LogP contribution in [0.25, 0.3) is 16.9 Å². The lowest BCUT2D eigenvalue weighted by atomic mass is 10.1. The second kappa shape index (κ2) is 9.56. The molecule has 0 fully saturated rings. The van der Waals surface area contributed by atoms with Crippen molar-refractivity contribution in [2.75, 3.05) is 0 Å². The third kappa shape index (κ3) is 4.31. The van der Waals surface area contributed by atoms with E-state index in [1.807, 2.05) is 91.4 Å². The molecule has 0 saturated carbocycles. The van der Waals surface area contributed by atoms with Crippen LogP contribution in [0.15, 0.2) is 100 Å². The minimum atomic E-state index is -0.146. The van der Waals surface area contributed by atoms with Gasteiger partial charge in [-0.25, -0.2) is 9.67 Å². The molecule has 2 heterocycles. The summed E-state index contributed by atoms with van der Waals surface area (Å²) in [5.74, 6) is 0. The Kier molecular flexibility index (Phi) is 6.32. The van der Waals surface area contributed by atoms with Gasteiger partial charge in [0.15, 0.2) is 10.5 Å². The first kappa shape index (κ1) is 23.1. The van der Waals surface area contributed by atoms with Gasteiger partial charge < -0.3 is 4.57 Å². The average Bonchev–Trinajstić information content (AvgIpc) is 3.39. The molecule has 0 amide bonds. The SMILES string of the molecule is Cc1c(N=c2scc(-c3cccc(Cl)c3)n2C(C)c2ccccc2)c(=O)n(-c2ccccc2)n1C. The van der Waals surface area contributed by atoms with E-state index < -0.39 is 0 Å². The highest BCUT2D eigenvalue weighted by Crippen LogP contribution is 2.29. The van der Waals surface area contributed by atoms with E-state index in [0.717, 1.165) is 33.0 Å². The van der Waals surface area contributed by atoms with Crippen LogP contribution in [0.3, 0.4) is 0 Å². The van der Waals surface area contributed by atoms with E-state index in [4.69, 9.17) is 16.6 Å². The van der Waals surface area contributed by atoms with Gasteiger partial charge >= 0.3 is 0 Å². The molecule has 35 heavy (non-hydrogen) atoms. The lowest BCUT2D eigenvalue weighted by molar-refractivity contribution is 0.628. The van der Waals surface area contributed by atoms with Crippen molar-refractivity contribution in [1.29, 1.82) is 0 Å². The van der Waals surface area contributed by atoms with Gasteiger partial charge in [-0.2, -0.15) is 0 Å². The fraction of sp³-hybridized carbons (Fsp3) is 0.143. The predicted octanol–water partition coefficient (Wildman–Crippen LogP) is 6.51. The zero-order valence-electron chi connectivity index (χ0n) is 19.7. The number of hydrogen-bond acceptors (Lipinski definition) is 3. The van der Waals surface area contributed by atoms with E-state index in [9.17, 15) is 4.79 Å². The number of para-hydroxylation sites is 1. The molecule has 7 heteroatoms. The molecule has 0 aliphatic rings. The maximum atomic E-state index is 13.5. The summed E-state index contributed by atoms with van der Waals surface area (Å²) < 4.78 is 5.70. The van der Waals surface area contributed by atoms with E-state index in [1.165, 1.54) is 11.3 Å². The second-order valence-corrected chi connectivity index (χ2v) is 9.67. The fourth-order valence-electron chi connectivity index (χ4n) is 4.29. The highest BCUT2D eigenvalue weighted by Gasteiger charge is 2.19. The van der Waals surface area contributed by atoms with Gasteiger partial charge in [0, 0.05) is 23.0 Å². The van der Waals surface area contributed by atoms with Gasteiger partial charge in [0.1, 0.15) is 0 Å². The van der Waals surface area contributed by atoms with E-state index >= 15 is 0 Å². The average molecular weight is 501 g/mol. The van der Waals surface area contributed by atoms with Crippen LogP contribution in [-0.2, 0) is 7.05 Å². The lowest BCUT2D eigenvalue weighted by Crippen LogP contribution is -2.22. The van der Waals surface area contributed by atoms with Crippen LogP contribution in [0.2, 0.25) is 5.02 Å². The van der Waals surface area contributed by atoms with Crippen LogP contribution in [-0.4, -0.2) is 13.9 Å². The van der Waals surface area contributed by atoms with Crippen molar-refractivity contribution in [2.24, 2.45) is 12.0 Å². The van der Waals surface area contributed by atoms with Crippen LogP contribution >= 0.6 is 22.9 Å². The molecule has 2 aromatic heterocycles. The molecule has 3 aromatic carbocycles. The van der Waals surface area contributed by atoms with E-state index in [1.54, 1.807) is 4.68 Å². The molecule has 1 unspecified atom stereocenters. The molecule has 176 valence electrons. The minimum absolute atomic E-state index is 0.00412. The molecule has 0 saturated heterocycles. The highest BCUT2D eigenvalue weighted by molar-refractivity contribution is 7.07. The number of nitrogens with zero attached hydrogens (tertiary/aromatic N) is 4. The summed E-state index contributed by atoms with van der Waals surface area (Å²) in [6, 6.07) is 27.7. The van der Waals surface area contributed by atoms with Gasteiger partial charge in [0.2, 0.25) is 0 Å². The molecular weight excluding hydrogens is 476 g/mol. The van der Waals surface area contributed by atoms with Crippen LogP contribution in [0.4, 0.5) is 5.69 Å². The Morgan fingerprint density at radius 2 is 1.63 bits per heavy atom. The van der Waals surface area contributed by atoms with Gasteiger partial charge in [0.05, 0.1) is 23.1 Å². The molecule has 0 aliphatic heterocycles. The van der Waals surface area contributed by atoms with Crippen molar-refractivity contribution in [3.05, 3.63) is 122 Å². The second-order valence-electron chi connectivity index (χ2n) is 8.39. The molecule has 1 atom stereocenters. The first-order valence-electron chi connectivity index (χ1n) is 11.4. The van der Waals surface area contributed by atoms with Crippen molar-refractivity contribution < 1.29 is 0 Å². The first-order chi connectivity index (χ1) is 17.0. The molecule has 0 radical (unpaired) electrons. The zero-order chi connectivity index (χ0) is 24.5. The van der Waals surface area contributed by atoms with Gasteiger partial charge in [-0.15, -0.1) is 11.3 Å². The van der Waals surface area contributed by atoms with Crippen LogP contribution in [0, 0.1) is 6.92 Å². The molecule has 5 rings (SSSR count). The molecule has 5 nitrogen and oxygen atoms in total. The van der Waals surface area contributed by atoms with Crippen LogP contribution < -0.4 is 10.4 Å². The molecule has 0 aliphatic carbocycles. The largest absolute Gasteiger partial charge is 0.309 e. The predicted molar refractivity (Wildman–Crippen MR) is 144 cm³/mol. The number of hydrogen-bond donors (Lipinski definition) is 0. The Morgan fingerprint density at radius 3 is 2.31 bits per heavy atom. The Hall–Kier alpha value is -3.61. The smallest absolute Gasteiger partial charge is 0.297 e. The normalized spacial score (nSPS) is 12.7. The van der Waals surface area contributed by atoms with Crippen molar-refractivity contribution in [2.45, 2.75) is 19.9 Å². The van der Waals surface area contributed by atoms with E-state index in [-0.39, 0.29) is 11.6 Å². The number of aromatic nitrogens is 3. The van der Waals surface area contributed by atoms with Gasteiger partial charge in [0.25, 0.3) is 5.56 Å². The molecule has 0 bridgehead atoms. The lowest BCUT2D eigenvalue weighted by Gasteiger charge is -2.18. The standard InChI is InChI=1S/C28H25ClN4OS/c1-19(21-11-6-4-7-12-21)32-25(22-13-10-14-23(29)17-22)18-35-28(32)30-26-20(2)31(3)33(27(26)34)24-15-8-5-9-16-24/h4-19H,1-3H3. The summed E-state index contributed by atoms with van der Waals surface area (Å²) in [5.41, 5.74) is 5.06. The van der Waals surface area contributed by atoms with Crippen LogP contribution in [0.1, 0.15) is 24.2 Å². The number of benzene rings is 3. The first-order valence-corrected chi connectivity index (χ1v) is 12.6. The summed E-state index contributed by atoms with van der Waals surface area (Å²) in [6.45, 7) is 4.07. The Bertz CT molecular complexity index is 1610. The third-order valence-corrected chi connectivity index (χ3v) is 7.34.